The molecule has 2 atom stereocenters. The number of anilines is 2. The standard InChI is InChI=1S/C14H23N3/c1-10-5-6-13(12(15)7-10)17-8-11(2)14(9-17)16(3)4/h5-7,11,14H,8-9,15H2,1-4H3. The number of hydrogen-bond acceptors (Lipinski definition) is 3. The first-order chi connectivity index (χ1) is 7.99. The quantitative estimate of drug-likeness (QED) is 0.793. The molecular weight excluding hydrogens is 210 g/mol. The van der Waals surface area contributed by atoms with Gasteiger partial charge in [-0.15, -0.1) is 0 Å². The topological polar surface area (TPSA) is 32.5 Å². The fourth-order valence-corrected chi connectivity index (χ4v) is 2.78. The summed E-state index contributed by atoms with van der Waals surface area (Å²) in [6, 6.07) is 6.97. The number of hydrogen-bond donors (Lipinski definition) is 1. The molecule has 1 saturated heterocycles. The number of nitrogens with two attached hydrogens (primary N) is 1. The number of nitrogen functional groups attached to an aromatic ring is 1. The zero-order valence-corrected chi connectivity index (χ0v) is 11.3. The van der Waals surface area contributed by atoms with Crippen LogP contribution in [0.2, 0.25) is 0 Å². The van der Waals surface area contributed by atoms with Gasteiger partial charge in [-0.25, -0.2) is 0 Å². The highest BCUT2D eigenvalue weighted by atomic mass is 15.2. The maximum atomic E-state index is 6.11. The largest absolute Gasteiger partial charge is 0.397 e. The fraction of sp³-hybridized carbons (Fsp3) is 0.571. The lowest BCUT2D eigenvalue weighted by atomic mass is 10.1. The van der Waals surface area contributed by atoms with Gasteiger partial charge in [0.2, 0.25) is 0 Å². The van der Waals surface area contributed by atoms with Crippen LogP contribution in [0.25, 0.3) is 0 Å². The zero-order valence-electron chi connectivity index (χ0n) is 11.3. The first-order valence-corrected chi connectivity index (χ1v) is 6.26. The monoisotopic (exact) mass is 233 g/mol. The third-order valence-electron chi connectivity index (χ3n) is 3.76. The van der Waals surface area contributed by atoms with E-state index in [1.54, 1.807) is 0 Å². The van der Waals surface area contributed by atoms with Crippen molar-refractivity contribution in [1.82, 2.24) is 4.90 Å². The van der Waals surface area contributed by atoms with Crippen LogP contribution in [0.1, 0.15) is 12.5 Å². The normalized spacial score (nSPS) is 24.6. The molecule has 1 heterocycles. The Morgan fingerprint density at radius 1 is 1.29 bits per heavy atom. The van der Waals surface area contributed by atoms with Gasteiger partial charge in [0.15, 0.2) is 0 Å². The van der Waals surface area contributed by atoms with Gasteiger partial charge in [0.1, 0.15) is 0 Å². The summed E-state index contributed by atoms with van der Waals surface area (Å²) < 4.78 is 0. The second-order valence-electron chi connectivity index (χ2n) is 5.48. The zero-order chi connectivity index (χ0) is 12.6. The van der Waals surface area contributed by atoms with Gasteiger partial charge in [0, 0.05) is 19.1 Å². The summed E-state index contributed by atoms with van der Waals surface area (Å²) in [5.74, 6) is 0.686. The van der Waals surface area contributed by atoms with E-state index in [1.165, 1.54) is 11.3 Å². The molecule has 0 aliphatic carbocycles. The van der Waals surface area contributed by atoms with E-state index in [4.69, 9.17) is 5.73 Å². The van der Waals surface area contributed by atoms with E-state index < -0.39 is 0 Å². The number of likely N-dealkylation sites (N-methyl/N-ethyl adjacent to an activating group) is 1. The Bertz CT molecular complexity index is 400. The molecule has 2 rings (SSSR count). The van der Waals surface area contributed by atoms with E-state index in [2.05, 4.69) is 55.9 Å². The molecule has 1 aliphatic rings. The summed E-state index contributed by atoms with van der Waals surface area (Å²) in [5, 5.41) is 0. The van der Waals surface area contributed by atoms with Crippen molar-refractivity contribution in [2.75, 3.05) is 37.8 Å². The molecule has 0 saturated carbocycles. The molecule has 3 heteroatoms. The minimum atomic E-state index is 0.621. The van der Waals surface area contributed by atoms with E-state index in [0.717, 1.165) is 18.8 Å². The van der Waals surface area contributed by atoms with Crippen molar-refractivity contribution < 1.29 is 0 Å². The molecule has 0 spiro atoms. The van der Waals surface area contributed by atoms with E-state index >= 15 is 0 Å². The number of rotatable bonds is 2. The summed E-state index contributed by atoms with van der Waals surface area (Å²) in [5.41, 5.74) is 9.42. The predicted molar refractivity (Wildman–Crippen MR) is 74.4 cm³/mol. The highest BCUT2D eigenvalue weighted by Crippen LogP contribution is 2.30. The number of benzene rings is 1. The van der Waals surface area contributed by atoms with Crippen LogP contribution in [0, 0.1) is 12.8 Å². The summed E-state index contributed by atoms with van der Waals surface area (Å²) in [6.45, 7) is 6.56. The minimum Gasteiger partial charge on any atom is -0.397 e. The average molecular weight is 233 g/mol. The molecule has 1 aromatic carbocycles. The molecule has 17 heavy (non-hydrogen) atoms. The lowest BCUT2D eigenvalue weighted by Crippen LogP contribution is -2.34. The van der Waals surface area contributed by atoms with Crippen LogP contribution in [-0.2, 0) is 0 Å². The van der Waals surface area contributed by atoms with Crippen LogP contribution in [0.4, 0.5) is 11.4 Å². The first kappa shape index (κ1) is 12.2. The molecule has 0 radical (unpaired) electrons. The minimum absolute atomic E-state index is 0.621. The average Bonchev–Trinajstić information content (AvgIpc) is 2.60. The Morgan fingerprint density at radius 3 is 2.53 bits per heavy atom. The summed E-state index contributed by atoms with van der Waals surface area (Å²) >= 11 is 0. The Kier molecular flexibility index (Phi) is 3.29. The maximum absolute atomic E-state index is 6.11. The Labute approximate surface area is 104 Å². The molecule has 2 unspecified atom stereocenters. The Balaban J connectivity index is 2.19. The van der Waals surface area contributed by atoms with Crippen LogP contribution in [0.5, 0.6) is 0 Å². The molecule has 94 valence electrons. The first-order valence-electron chi connectivity index (χ1n) is 6.26. The molecule has 0 amide bonds. The van der Waals surface area contributed by atoms with Crippen molar-refractivity contribution in [2.24, 2.45) is 5.92 Å². The summed E-state index contributed by atoms with van der Waals surface area (Å²) in [4.78, 5) is 4.72. The van der Waals surface area contributed by atoms with E-state index in [-0.39, 0.29) is 0 Å². The van der Waals surface area contributed by atoms with Crippen molar-refractivity contribution in [2.45, 2.75) is 19.9 Å². The number of aryl methyl sites for hydroxylation is 1. The summed E-state index contributed by atoms with van der Waals surface area (Å²) in [6.07, 6.45) is 0. The van der Waals surface area contributed by atoms with Crippen LogP contribution in [-0.4, -0.2) is 38.1 Å². The molecular formula is C14H23N3. The molecule has 1 fully saturated rings. The van der Waals surface area contributed by atoms with Gasteiger partial charge in [-0.3, -0.25) is 0 Å². The van der Waals surface area contributed by atoms with Crippen molar-refractivity contribution in [3.63, 3.8) is 0 Å². The molecule has 3 nitrogen and oxygen atoms in total. The highest BCUT2D eigenvalue weighted by molar-refractivity contribution is 5.69. The van der Waals surface area contributed by atoms with Gasteiger partial charge in [0.25, 0.3) is 0 Å². The van der Waals surface area contributed by atoms with Gasteiger partial charge in [0.05, 0.1) is 11.4 Å². The third kappa shape index (κ3) is 2.39. The van der Waals surface area contributed by atoms with E-state index in [1.807, 2.05) is 0 Å². The second-order valence-corrected chi connectivity index (χ2v) is 5.48. The lowest BCUT2D eigenvalue weighted by molar-refractivity contribution is 0.266. The smallest absolute Gasteiger partial charge is 0.0600 e. The van der Waals surface area contributed by atoms with Gasteiger partial charge in [-0.2, -0.15) is 0 Å². The molecule has 2 N–H and O–H groups in total. The van der Waals surface area contributed by atoms with Crippen LogP contribution < -0.4 is 10.6 Å². The van der Waals surface area contributed by atoms with Crippen LogP contribution >= 0.6 is 0 Å². The fourth-order valence-electron chi connectivity index (χ4n) is 2.78. The molecule has 1 aromatic rings. The number of nitrogens with zero attached hydrogens (tertiary/aromatic N) is 2. The van der Waals surface area contributed by atoms with Crippen molar-refractivity contribution in [3.05, 3.63) is 23.8 Å². The lowest BCUT2D eigenvalue weighted by Gasteiger charge is -2.23. The van der Waals surface area contributed by atoms with Crippen LogP contribution in [0.3, 0.4) is 0 Å². The van der Waals surface area contributed by atoms with E-state index in [9.17, 15) is 0 Å². The molecule has 0 bridgehead atoms. The van der Waals surface area contributed by atoms with Gasteiger partial charge >= 0.3 is 0 Å². The SMILES string of the molecule is Cc1ccc(N2CC(C)C(N(C)C)C2)c(N)c1. The van der Waals surface area contributed by atoms with E-state index in [0.29, 0.717) is 12.0 Å². The molecule has 1 aliphatic heterocycles. The van der Waals surface area contributed by atoms with Crippen LogP contribution in [0.15, 0.2) is 18.2 Å². The Hall–Kier alpha value is -1.22. The maximum Gasteiger partial charge on any atom is 0.0600 e. The van der Waals surface area contributed by atoms with Gasteiger partial charge in [-0.1, -0.05) is 13.0 Å². The van der Waals surface area contributed by atoms with Crippen molar-refractivity contribution in [3.8, 4) is 0 Å². The molecule has 0 aromatic heterocycles. The third-order valence-corrected chi connectivity index (χ3v) is 3.76. The summed E-state index contributed by atoms with van der Waals surface area (Å²) in [7, 11) is 4.31. The van der Waals surface area contributed by atoms with Crippen molar-refractivity contribution >= 4 is 11.4 Å². The Morgan fingerprint density at radius 2 is 2.00 bits per heavy atom. The van der Waals surface area contributed by atoms with Gasteiger partial charge in [-0.05, 0) is 44.6 Å². The van der Waals surface area contributed by atoms with Crippen molar-refractivity contribution in [1.29, 1.82) is 0 Å². The predicted octanol–water partition coefficient (Wildman–Crippen LogP) is 1.96. The second kappa shape index (κ2) is 4.57. The van der Waals surface area contributed by atoms with Gasteiger partial charge < -0.3 is 15.5 Å². The highest BCUT2D eigenvalue weighted by Gasteiger charge is 2.31.